The van der Waals surface area contributed by atoms with E-state index in [0.717, 1.165) is 32.5 Å². The van der Waals surface area contributed by atoms with Gasteiger partial charge in [0, 0.05) is 21.4 Å². The van der Waals surface area contributed by atoms with E-state index in [1.807, 2.05) is 6.07 Å². The minimum absolute atomic E-state index is 0.473. The number of fused-ring (bicyclic) bond motifs is 20. The van der Waals surface area contributed by atoms with Gasteiger partial charge in [0.2, 0.25) is 0 Å². The molecule has 0 fully saturated rings. The van der Waals surface area contributed by atoms with Gasteiger partial charge in [-0.05, 0) is 79.4 Å². The Morgan fingerprint density at radius 2 is 0.913 bits per heavy atom. The molecule has 0 radical (unpaired) electrons. The van der Waals surface area contributed by atoms with E-state index in [1.165, 1.54) is 61.2 Å². The second kappa shape index (κ2) is 8.46. The molecule has 0 amide bonds. The van der Waals surface area contributed by atoms with Crippen LogP contribution in [-0.2, 0) is 10.8 Å². The summed E-state index contributed by atoms with van der Waals surface area (Å²) in [5, 5.41) is 3.06. The van der Waals surface area contributed by atoms with Gasteiger partial charge >= 0.3 is 0 Å². The lowest BCUT2D eigenvalue weighted by molar-refractivity contribution is 0.634. The molecule has 0 bridgehead atoms. The summed E-state index contributed by atoms with van der Waals surface area (Å²) in [7, 11) is 0. The van der Waals surface area contributed by atoms with Crippen LogP contribution in [-0.4, -0.2) is 0 Å². The van der Waals surface area contributed by atoms with Crippen molar-refractivity contribution in [2.45, 2.75) is 10.8 Å². The molecule has 3 aliphatic carbocycles. The molecule has 2 spiro atoms. The standard InChI is InChI=1S/C44H25ClO/c45-37-22-11-21-36-40(37)29-24-25-39-41(28-14-3-10-23-38(28)46-39)42(29)44(36)34-19-8-6-17-32(34)43(33-18-7-9-20-35(33)44)30-15-4-1-12-26(30)27-13-2-5-16-31(27)43/h1-25H. The maximum Gasteiger partial charge on any atom is 0.135 e. The molecule has 46 heavy (non-hydrogen) atoms. The Morgan fingerprint density at radius 3 is 1.57 bits per heavy atom. The van der Waals surface area contributed by atoms with Gasteiger partial charge in [0.25, 0.3) is 0 Å². The zero-order valence-electron chi connectivity index (χ0n) is 24.7. The van der Waals surface area contributed by atoms with E-state index in [9.17, 15) is 0 Å². The fourth-order valence-electron chi connectivity index (χ4n) is 9.60. The first kappa shape index (κ1) is 24.9. The lowest BCUT2D eigenvalue weighted by Gasteiger charge is -2.49. The van der Waals surface area contributed by atoms with Crippen LogP contribution in [0.2, 0.25) is 5.02 Å². The first-order chi connectivity index (χ1) is 22.8. The molecule has 0 N–H and O–H groups in total. The van der Waals surface area contributed by atoms with Crippen molar-refractivity contribution in [1.82, 2.24) is 0 Å². The van der Waals surface area contributed by atoms with Crippen LogP contribution in [0.4, 0.5) is 0 Å². The number of para-hydroxylation sites is 1. The summed E-state index contributed by atoms with van der Waals surface area (Å²) >= 11 is 7.23. The lowest BCUT2D eigenvalue weighted by atomic mass is 9.52. The predicted molar refractivity (Wildman–Crippen MR) is 187 cm³/mol. The molecule has 0 saturated carbocycles. The Kier molecular flexibility index (Phi) is 4.58. The van der Waals surface area contributed by atoms with Crippen molar-refractivity contribution in [3.05, 3.63) is 201 Å². The van der Waals surface area contributed by atoms with Gasteiger partial charge in [-0.2, -0.15) is 0 Å². The normalized spacial score (nSPS) is 15.4. The molecule has 1 nitrogen and oxygen atoms in total. The second-order valence-electron chi connectivity index (χ2n) is 12.8. The summed E-state index contributed by atoms with van der Waals surface area (Å²) in [5.41, 5.74) is 16.0. The van der Waals surface area contributed by atoms with Crippen LogP contribution >= 0.6 is 11.6 Å². The average molecular weight is 605 g/mol. The van der Waals surface area contributed by atoms with Gasteiger partial charge in [-0.3, -0.25) is 0 Å². The van der Waals surface area contributed by atoms with Crippen molar-refractivity contribution in [3.8, 4) is 22.3 Å². The van der Waals surface area contributed by atoms with Crippen LogP contribution < -0.4 is 0 Å². The Morgan fingerprint density at radius 1 is 0.391 bits per heavy atom. The first-order valence-corrected chi connectivity index (χ1v) is 16.3. The SMILES string of the molecule is Clc1cccc2c1-c1ccc3oc4ccccc4c3c1C21c2ccccc2C2(c3ccccc3-c3ccccc32)c2ccccc21. The Hall–Kier alpha value is -5.37. The van der Waals surface area contributed by atoms with Crippen LogP contribution in [0.25, 0.3) is 44.2 Å². The van der Waals surface area contributed by atoms with Crippen molar-refractivity contribution in [1.29, 1.82) is 0 Å². The Bertz CT molecular complexity index is 2530. The van der Waals surface area contributed by atoms with Crippen molar-refractivity contribution in [2.24, 2.45) is 0 Å². The van der Waals surface area contributed by atoms with Gasteiger partial charge in [-0.25, -0.2) is 0 Å². The summed E-state index contributed by atoms with van der Waals surface area (Å²) in [6.45, 7) is 0. The average Bonchev–Trinajstić information content (AvgIpc) is 3.73. The third kappa shape index (κ3) is 2.62. The van der Waals surface area contributed by atoms with E-state index in [4.69, 9.17) is 16.0 Å². The molecular formula is C44H25ClO. The third-order valence-corrected chi connectivity index (χ3v) is 11.3. The molecular weight excluding hydrogens is 580 g/mol. The number of halogens is 1. The van der Waals surface area contributed by atoms with Gasteiger partial charge in [0.1, 0.15) is 11.2 Å². The van der Waals surface area contributed by atoms with E-state index >= 15 is 0 Å². The summed E-state index contributed by atoms with van der Waals surface area (Å²) in [4.78, 5) is 0. The highest BCUT2D eigenvalue weighted by atomic mass is 35.5. The summed E-state index contributed by atoms with van der Waals surface area (Å²) in [6.07, 6.45) is 0. The Labute approximate surface area is 271 Å². The number of rotatable bonds is 0. The largest absolute Gasteiger partial charge is 0.456 e. The topological polar surface area (TPSA) is 13.1 Å². The van der Waals surface area contributed by atoms with Gasteiger partial charge in [-0.1, -0.05) is 145 Å². The fourth-order valence-corrected chi connectivity index (χ4v) is 9.88. The molecule has 2 heteroatoms. The van der Waals surface area contributed by atoms with E-state index in [0.29, 0.717) is 0 Å². The molecule has 0 aliphatic heterocycles. The molecule has 0 atom stereocenters. The minimum Gasteiger partial charge on any atom is -0.456 e. The highest BCUT2D eigenvalue weighted by molar-refractivity contribution is 6.34. The van der Waals surface area contributed by atoms with Crippen LogP contribution in [0.5, 0.6) is 0 Å². The molecule has 0 saturated heterocycles. The van der Waals surface area contributed by atoms with Gasteiger partial charge in [0.05, 0.1) is 10.8 Å². The minimum atomic E-state index is -0.618. The molecule has 1 heterocycles. The monoisotopic (exact) mass is 604 g/mol. The first-order valence-electron chi connectivity index (χ1n) is 15.9. The van der Waals surface area contributed by atoms with Crippen molar-refractivity contribution in [2.75, 3.05) is 0 Å². The number of furan rings is 1. The summed E-state index contributed by atoms with van der Waals surface area (Å²) in [6, 6.07) is 55.6. The molecule has 7 aromatic carbocycles. The Balaban J connectivity index is 1.41. The zero-order valence-corrected chi connectivity index (χ0v) is 25.5. The van der Waals surface area contributed by atoms with Crippen molar-refractivity contribution in [3.63, 3.8) is 0 Å². The number of hydrogen-bond donors (Lipinski definition) is 0. The van der Waals surface area contributed by atoms with E-state index in [-0.39, 0.29) is 0 Å². The predicted octanol–water partition coefficient (Wildman–Crippen LogP) is 11.3. The summed E-state index contributed by atoms with van der Waals surface area (Å²) in [5.74, 6) is 0. The molecule has 11 rings (SSSR count). The smallest absolute Gasteiger partial charge is 0.135 e. The third-order valence-electron chi connectivity index (χ3n) is 11.0. The van der Waals surface area contributed by atoms with Gasteiger partial charge < -0.3 is 4.42 Å². The highest BCUT2D eigenvalue weighted by Gasteiger charge is 2.59. The summed E-state index contributed by atoms with van der Waals surface area (Å²) < 4.78 is 6.57. The molecule has 0 unspecified atom stereocenters. The maximum absolute atomic E-state index is 7.23. The van der Waals surface area contributed by atoms with Crippen LogP contribution in [0.15, 0.2) is 156 Å². The van der Waals surface area contributed by atoms with Crippen LogP contribution in [0.1, 0.15) is 44.5 Å². The quantitative estimate of drug-likeness (QED) is 0.168. The van der Waals surface area contributed by atoms with Gasteiger partial charge in [0.15, 0.2) is 0 Å². The van der Waals surface area contributed by atoms with Crippen LogP contribution in [0, 0.1) is 0 Å². The van der Waals surface area contributed by atoms with E-state index < -0.39 is 10.8 Å². The lowest BCUT2D eigenvalue weighted by Crippen LogP contribution is -2.43. The molecule has 3 aliphatic rings. The number of hydrogen-bond acceptors (Lipinski definition) is 1. The molecule has 214 valence electrons. The molecule has 1 aromatic heterocycles. The van der Waals surface area contributed by atoms with E-state index in [2.05, 4.69) is 146 Å². The van der Waals surface area contributed by atoms with Gasteiger partial charge in [-0.15, -0.1) is 0 Å². The van der Waals surface area contributed by atoms with Crippen molar-refractivity contribution < 1.29 is 4.42 Å². The zero-order chi connectivity index (χ0) is 30.2. The molecule has 8 aromatic rings. The van der Waals surface area contributed by atoms with Crippen molar-refractivity contribution >= 4 is 33.5 Å². The highest BCUT2D eigenvalue weighted by Crippen LogP contribution is 2.68. The fraction of sp³-hybridized carbons (Fsp3) is 0.0455. The van der Waals surface area contributed by atoms with E-state index in [1.54, 1.807) is 0 Å². The van der Waals surface area contributed by atoms with Crippen LogP contribution in [0.3, 0.4) is 0 Å². The maximum atomic E-state index is 7.23. The number of benzene rings is 7. The second-order valence-corrected chi connectivity index (χ2v) is 13.2.